The van der Waals surface area contributed by atoms with E-state index >= 15 is 0 Å². The molecule has 2 aromatic heterocycles. The smallest absolute Gasteiger partial charge is 0.137 e. The van der Waals surface area contributed by atoms with Gasteiger partial charge in [-0.2, -0.15) is 0 Å². The van der Waals surface area contributed by atoms with E-state index in [0.717, 1.165) is 23.4 Å². The van der Waals surface area contributed by atoms with Crippen molar-refractivity contribution in [2.75, 3.05) is 14.1 Å². The van der Waals surface area contributed by atoms with Crippen molar-refractivity contribution in [3.8, 4) is 22.4 Å². The minimum absolute atomic E-state index is 0.847. The minimum Gasteiger partial charge on any atom is -0.304 e. The molecule has 2 heterocycles. The van der Waals surface area contributed by atoms with E-state index in [9.17, 15) is 0 Å². The molecule has 0 radical (unpaired) electrons. The number of pyridine rings is 1. The van der Waals surface area contributed by atoms with Gasteiger partial charge in [-0.3, -0.25) is 0 Å². The number of benzene rings is 2. The minimum atomic E-state index is 0.847. The molecule has 0 atom stereocenters. The second kappa shape index (κ2) is 6.77. The quantitative estimate of drug-likeness (QED) is 0.518. The monoisotopic (exact) mass is 341 g/mol. The summed E-state index contributed by atoms with van der Waals surface area (Å²) in [7, 11) is 4.19. The Kier molecular flexibility index (Phi) is 4.31. The molecule has 130 valence electrons. The standard InChI is InChI=1S/C23H23N3/c1-17-13-14-26-21(16-25(2)3)23(24-22(26)15-17)20-11-9-19(10-12-20)18-7-5-4-6-8-18/h4-15H,16H2,1-3H3. The molecule has 0 unspecified atom stereocenters. The summed E-state index contributed by atoms with van der Waals surface area (Å²) in [5.41, 5.74) is 8.12. The van der Waals surface area contributed by atoms with E-state index in [0.29, 0.717) is 0 Å². The van der Waals surface area contributed by atoms with Crippen LogP contribution in [-0.4, -0.2) is 28.4 Å². The maximum absolute atomic E-state index is 4.94. The van der Waals surface area contributed by atoms with Crippen LogP contribution in [0, 0.1) is 6.92 Å². The SMILES string of the molecule is Cc1ccn2c(CN(C)C)c(-c3ccc(-c4ccccc4)cc3)nc2c1. The van der Waals surface area contributed by atoms with Gasteiger partial charge >= 0.3 is 0 Å². The van der Waals surface area contributed by atoms with E-state index in [1.54, 1.807) is 0 Å². The fourth-order valence-electron chi connectivity index (χ4n) is 3.33. The van der Waals surface area contributed by atoms with Crippen molar-refractivity contribution in [2.24, 2.45) is 0 Å². The number of nitrogens with zero attached hydrogens (tertiary/aromatic N) is 3. The first-order valence-electron chi connectivity index (χ1n) is 8.90. The van der Waals surface area contributed by atoms with Gasteiger partial charge in [-0.05, 0) is 49.8 Å². The largest absolute Gasteiger partial charge is 0.304 e. The second-order valence-electron chi connectivity index (χ2n) is 7.02. The van der Waals surface area contributed by atoms with E-state index in [1.807, 2.05) is 6.07 Å². The highest BCUT2D eigenvalue weighted by Crippen LogP contribution is 2.28. The van der Waals surface area contributed by atoms with E-state index < -0.39 is 0 Å². The zero-order valence-corrected chi connectivity index (χ0v) is 15.5. The lowest BCUT2D eigenvalue weighted by Crippen LogP contribution is -2.13. The van der Waals surface area contributed by atoms with Crippen molar-refractivity contribution in [1.82, 2.24) is 14.3 Å². The molecule has 0 bridgehead atoms. The lowest BCUT2D eigenvalue weighted by molar-refractivity contribution is 0.396. The molecule has 0 amide bonds. The molecule has 26 heavy (non-hydrogen) atoms. The van der Waals surface area contributed by atoms with E-state index in [-0.39, 0.29) is 0 Å². The first kappa shape index (κ1) is 16.6. The Morgan fingerprint density at radius 3 is 2.19 bits per heavy atom. The van der Waals surface area contributed by atoms with Gasteiger partial charge in [0.15, 0.2) is 0 Å². The first-order valence-corrected chi connectivity index (χ1v) is 8.90. The van der Waals surface area contributed by atoms with Crippen molar-refractivity contribution >= 4 is 5.65 Å². The van der Waals surface area contributed by atoms with Gasteiger partial charge in [-0.1, -0.05) is 54.6 Å². The third kappa shape index (κ3) is 3.14. The Hall–Kier alpha value is -2.91. The topological polar surface area (TPSA) is 20.5 Å². The number of rotatable bonds is 4. The van der Waals surface area contributed by atoms with E-state index in [4.69, 9.17) is 4.98 Å². The van der Waals surface area contributed by atoms with Crippen LogP contribution in [0.1, 0.15) is 11.3 Å². The normalized spacial score (nSPS) is 11.4. The molecule has 4 aromatic rings. The van der Waals surface area contributed by atoms with Gasteiger partial charge in [0.1, 0.15) is 5.65 Å². The van der Waals surface area contributed by atoms with Crippen LogP contribution in [-0.2, 0) is 6.54 Å². The summed E-state index contributed by atoms with van der Waals surface area (Å²) in [4.78, 5) is 7.12. The predicted octanol–water partition coefficient (Wildman–Crippen LogP) is 5.04. The third-order valence-electron chi connectivity index (χ3n) is 4.61. The Morgan fingerprint density at radius 1 is 0.846 bits per heavy atom. The fraction of sp³-hybridized carbons (Fsp3) is 0.174. The Balaban J connectivity index is 1.80. The summed E-state index contributed by atoms with van der Waals surface area (Å²) < 4.78 is 2.20. The van der Waals surface area contributed by atoms with Crippen LogP contribution in [0.25, 0.3) is 28.0 Å². The highest BCUT2D eigenvalue weighted by molar-refractivity contribution is 5.71. The van der Waals surface area contributed by atoms with Crippen LogP contribution in [0.2, 0.25) is 0 Å². The van der Waals surface area contributed by atoms with Crippen molar-refractivity contribution in [3.05, 3.63) is 84.2 Å². The maximum atomic E-state index is 4.94. The van der Waals surface area contributed by atoms with Gasteiger partial charge in [0.05, 0.1) is 11.4 Å². The molecule has 0 aliphatic rings. The average molecular weight is 341 g/mol. The van der Waals surface area contributed by atoms with Gasteiger partial charge < -0.3 is 9.30 Å². The zero-order valence-electron chi connectivity index (χ0n) is 15.5. The van der Waals surface area contributed by atoms with Gasteiger partial charge in [0.2, 0.25) is 0 Å². The van der Waals surface area contributed by atoms with Crippen LogP contribution < -0.4 is 0 Å². The third-order valence-corrected chi connectivity index (χ3v) is 4.61. The van der Waals surface area contributed by atoms with Crippen LogP contribution in [0.5, 0.6) is 0 Å². The molecule has 3 nitrogen and oxygen atoms in total. The molecular formula is C23H23N3. The summed E-state index contributed by atoms with van der Waals surface area (Å²) in [5.74, 6) is 0. The van der Waals surface area contributed by atoms with Crippen LogP contribution in [0.4, 0.5) is 0 Å². The number of hydrogen-bond acceptors (Lipinski definition) is 2. The Labute approximate surface area is 154 Å². The number of aromatic nitrogens is 2. The molecular weight excluding hydrogens is 318 g/mol. The molecule has 0 N–H and O–H groups in total. The predicted molar refractivity (Wildman–Crippen MR) is 108 cm³/mol. The number of fused-ring (bicyclic) bond motifs is 1. The molecule has 3 heteroatoms. The van der Waals surface area contributed by atoms with Crippen LogP contribution in [0.3, 0.4) is 0 Å². The van der Waals surface area contributed by atoms with Gasteiger partial charge in [-0.15, -0.1) is 0 Å². The summed E-state index contributed by atoms with van der Waals surface area (Å²) in [6.07, 6.45) is 2.12. The first-order chi connectivity index (χ1) is 12.6. The van der Waals surface area contributed by atoms with E-state index in [1.165, 1.54) is 22.4 Å². The van der Waals surface area contributed by atoms with Crippen molar-refractivity contribution in [3.63, 3.8) is 0 Å². The van der Waals surface area contributed by atoms with Crippen molar-refractivity contribution in [2.45, 2.75) is 13.5 Å². The fourth-order valence-corrected chi connectivity index (χ4v) is 3.33. The molecule has 0 saturated heterocycles. The average Bonchev–Trinajstić information content (AvgIpc) is 2.99. The second-order valence-corrected chi connectivity index (χ2v) is 7.02. The number of imidazole rings is 1. The Bertz CT molecular complexity index is 1030. The highest BCUT2D eigenvalue weighted by atomic mass is 15.1. The lowest BCUT2D eigenvalue weighted by atomic mass is 10.0. The molecule has 0 saturated carbocycles. The summed E-state index contributed by atoms with van der Waals surface area (Å²) in [5, 5.41) is 0. The molecule has 0 fully saturated rings. The summed E-state index contributed by atoms with van der Waals surface area (Å²) >= 11 is 0. The van der Waals surface area contributed by atoms with Crippen LogP contribution in [0.15, 0.2) is 72.9 Å². The molecule has 2 aromatic carbocycles. The van der Waals surface area contributed by atoms with Gasteiger partial charge in [0, 0.05) is 18.3 Å². The number of hydrogen-bond donors (Lipinski definition) is 0. The Morgan fingerprint density at radius 2 is 1.50 bits per heavy atom. The van der Waals surface area contributed by atoms with Crippen LogP contribution >= 0.6 is 0 Å². The van der Waals surface area contributed by atoms with Crippen molar-refractivity contribution in [1.29, 1.82) is 0 Å². The highest BCUT2D eigenvalue weighted by Gasteiger charge is 2.15. The molecule has 0 aliphatic carbocycles. The number of aryl methyl sites for hydroxylation is 1. The molecule has 0 aliphatic heterocycles. The zero-order chi connectivity index (χ0) is 18.1. The van der Waals surface area contributed by atoms with E-state index in [2.05, 4.69) is 97.2 Å². The van der Waals surface area contributed by atoms with Gasteiger partial charge in [0.25, 0.3) is 0 Å². The van der Waals surface area contributed by atoms with Crippen molar-refractivity contribution < 1.29 is 0 Å². The van der Waals surface area contributed by atoms with Gasteiger partial charge in [-0.25, -0.2) is 4.98 Å². The summed E-state index contributed by atoms with van der Waals surface area (Å²) in [6, 6.07) is 23.5. The lowest BCUT2D eigenvalue weighted by Gasteiger charge is -2.12. The molecule has 0 spiro atoms. The maximum Gasteiger partial charge on any atom is 0.137 e. The molecule has 4 rings (SSSR count). The summed E-state index contributed by atoms with van der Waals surface area (Å²) in [6.45, 7) is 2.95.